The quantitative estimate of drug-likeness (QED) is 0.831. The third-order valence-corrected chi connectivity index (χ3v) is 3.82. The van der Waals surface area contributed by atoms with Gasteiger partial charge < -0.3 is 5.32 Å². The topological polar surface area (TPSA) is 12.0 Å². The fraction of sp³-hybridized carbons (Fsp3) is 0.231. The third-order valence-electron chi connectivity index (χ3n) is 2.55. The van der Waals surface area contributed by atoms with Crippen molar-refractivity contribution in [3.05, 3.63) is 51.2 Å². The van der Waals surface area contributed by atoms with Crippen molar-refractivity contribution in [2.24, 2.45) is 0 Å². The lowest BCUT2D eigenvalue weighted by molar-refractivity contribution is -0.137. The van der Waals surface area contributed by atoms with E-state index >= 15 is 0 Å². The molecule has 0 aliphatic carbocycles. The number of anilines is 1. The van der Waals surface area contributed by atoms with E-state index in [1.807, 2.05) is 17.5 Å². The molecule has 0 spiro atoms. The highest BCUT2D eigenvalue weighted by Gasteiger charge is 2.33. The molecule has 1 N–H and O–H groups in total. The van der Waals surface area contributed by atoms with Crippen LogP contribution in [0.3, 0.4) is 0 Å². The average molecular weight is 306 g/mol. The molecule has 0 unspecified atom stereocenters. The predicted octanol–water partition coefficient (Wildman–Crippen LogP) is 5.07. The van der Waals surface area contributed by atoms with Crippen molar-refractivity contribution >= 4 is 28.6 Å². The Morgan fingerprint density at radius 2 is 2.00 bits per heavy atom. The van der Waals surface area contributed by atoms with Gasteiger partial charge in [0.05, 0.1) is 10.6 Å². The Kier molecular flexibility index (Phi) is 4.37. The number of rotatable bonds is 4. The van der Waals surface area contributed by atoms with Crippen LogP contribution in [0.5, 0.6) is 0 Å². The molecule has 1 heterocycles. The third kappa shape index (κ3) is 3.88. The molecular weight excluding hydrogens is 295 g/mol. The molecule has 0 aliphatic heterocycles. The molecule has 1 aromatic heterocycles. The minimum Gasteiger partial charge on any atom is -0.385 e. The maximum absolute atomic E-state index is 12.7. The number of benzene rings is 1. The summed E-state index contributed by atoms with van der Waals surface area (Å²) < 4.78 is 38.0. The summed E-state index contributed by atoms with van der Waals surface area (Å²) in [6.45, 7) is 0.583. The lowest BCUT2D eigenvalue weighted by Crippen LogP contribution is -2.09. The molecule has 102 valence electrons. The Morgan fingerprint density at radius 1 is 1.21 bits per heavy atom. The van der Waals surface area contributed by atoms with E-state index in [1.165, 1.54) is 10.9 Å². The van der Waals surface area contributed by atoms with E-state index in [-0.39, 0.29) is 5.02 Å². The van der Waals surface area contributed by atoms with Gasteiger partial charge in [-0.2, -0.15) is 13.2 Å². The predicted molar refractivity (Wildman–Crippen MR) is 73.0 cm³/mol. The molecule has 2 rings (SSSR count). The molecule has 0 saturated carbocycles. The van der Waals surface area contributed by atoms with E-state index in [4.69, 9.17) is 11.6 Å². The van der Waals surface area contributed by atoms with Gasteiger partial charge in [0.25, 0.3) is 0 Å². The smallest absolute Gasteiger partial charge is 0.385 e. The van der Waals surface area contributed by atoms with Crippen molar-refractivity contribution in [2.45, 2.75) is 12.6 Å². The molecular formula is C13H11ClF3NS. The number of hydrogen-bond donors (Lipinski definition) is 1. The molecule has 1 aromatic carbocycles. The summed E-state index contributed by atoms with van der Waals surface area (Å²) in [5, 5.41) is 4.66. The van der Waals surface area contributed by atoms with Crippen LogP contribution in [0.4, 0.5) is 18.9 Å². The van der Waals surface area contributed by atoms with E-state index in [1.54, 1.807) is 17.4 Å². The highest BCUT2D eigenvalue weighted by atomic mass is 35.5. The van der Waals surface area contributed by atoms with Gasteiger partial charge in [0.2, 0.25) is 0 Å². The van der Waals surface area contributed by atoms with E-state index in [9.17, 15) is 13.2 Å². The number of thiophene rings is 1. The summed E-state index contributed by atoms with van der Waals surface area (Å²) in [5.41, 5.74) is -0.386. The minimum absolute atomic E-state index is 0.281. The summed E-state index contributed by atoms with van der Waals surface area (Å²) in [7, 11) is 0. The van der Waals surface area contributed by atoms with Gasteiger partial charge in [0.1, 0.15) is 0 Å². The van der Waals surface area contributed by atoms with Gasteiger partial charge in [0, 0.05) is 17.1 Å². The van der Waals surface area contributed by atoms with E-state index in [0.717, 1.165) is 12.5 Å². The fourth-order valence-corrected chi connectivity index (χ4v) is 2.57. The average Bonchev–Trinajstić information content (AvgIpc) is 2.83. The monoisotopic (exact) mass is 305 g/mol. The molecule has 2 aromatic rings. The van der Waals surface area contributed by atoms with Crippen LogP contribution in [0, 0.1) is 0 Å². The summed E-state index contributed by atoms with van der Waals surface area (Å²) >= 11 is 7.18. The molecule has 0 saturated heterocycles. The summed E-state index contributed by atoms with van der Waals surface area (Å²) in [6, 6.07) is 7.79. The highest BCUT2D eigenvalue weighted by Crippen LogP contribution is 2.36. The van der Waals surface area contributed by atoms with Crippen molar-refractivity contribution in [2.75, 3.05) is 11.9 Å². The van der Waals surface area contributed by atoms with Crippen LogP contribution in [-0.2, 0) is 12.6 Å². The van der Waals surface area contributed by atoms with Crippen molar-refractivity contribution in [1.82, 2.24) is 0 Å². The highest BCUT2D eigenvalue weighted by molar-refractivity contribution is 7.09. The first-order valence-electron chi connectivity index (χ1n) is 5.60. The molecule has 0 bridgehead atoms. The number of hydrogen-bond acceptors (Lipinski definition) is 2. The second-order valence-corrected chi connectivity index (χ2v) is 5.39. The van der Waals surface area contributed by atoms with Crippen LogP contribution in [0.1, 0.15) is 10.4 Å². The second kappa shape index (κ2) is 5.84. The Labute approximate surface area is 118 Å². The standard InChI is InChI=1S/C13H11ClF3NS/c14-12-4-3-9(8-11(12)13(15,16)17)18-6-5-10-2-1-7-19-10/h1-4,7-8,18H,5-6H2. The first-order chi connectivity index (χ1) is 8.97. The molecule has 1 nitrogen and oxygen atoms in total. The molecule has 0 fully saturated rings. The van der Waals surface area contributed by atoms with Gasteiger partial charge in [-0.25, -0.2) is 0 Å². The van der Waals surface area contributed by atoms with Gasteiger partial charge in [-0.3, -0.25) is 0 Å². The zero-order valence-electron chi connectivity index (χ0n) is 9.80. The van der Waals surface area contributed by atoms with Crippen LogP contribution in [-0.4, -0.2) is 6.54 Å². The SMILES string of the molecule is FC(F)(F)c1cc(NCCc2cccs2)ccc1Cl. The molecule has 0 aliphatic rings. The summed E-state index contributed by atoms with van der Waals surface area (Å²) in [5.74, 6) is 0. The van der Waals surface area contributed by atoms with Crippen LogP contribution in [0.2, 0.25) is 5.02 Å². The van der Waals surface area contributed by atoms with Crippen LogP contribution in [0.25, 0.3) is 0 Å². The van der Waals surface area contributed by atoms with Crippen molar-refractivity contribution in [3.63, 3.8) is 0 Å². The van der Waals surface area contributed by atoms with Crippen molar-refractivity contribution in [3.8, 4) is 0 Å². The van der Waals surface area contributed by atoms with Gasteiger partial charge in [-0.1, -0.05) is 17.7 Å². The number of alkyl halides is 3. The first kappa shape index (κ1) is 14.2. The summed E-state index contributed by atoms with van der Waals surface area (Å²) in [4.78, 5) is 1.19. The lowest BCUT2D eigenvalue weighted by atomic mass is 10.2. The van der Waals surface area contributed by atoms with E-state index in [0.29, 0.717) is 12.2 Å². The van der Waals surface area contributed by atoms with Crippen LogP contribution < -0.4 is 5.32 Å². The Hall–Kier alpha value is -1.20. The molecule has 0 amide bonds. The zero-order valence-corrected chi connectivity index (χ0v) is 11.4. The molecule has 19 heavy (non-hydrogen) atoms. The number of nitrogens with one attached hydrogen (secondary N) is 1. The minimum atomic E-state index is -4.43. The Morgan fingerprint density at radius 3 is 2.63 bits per heavy atom. The maximum Gasteiger partial charge on any atom is 0.417 e. The molecule has 0 atom stereocenters. The zero-order chi connectivity index (χ0) is 13.9. The van der Waals surface area contributed by atoms with E-state index < -0.39 is 11.7 Å². The Balaban J connectivity index is 2.01. The van der Waals surface area contributed by atoms with Crippen molar-refractivity contribution < 1.29 is 13.2 Å². The van der Waals surface area contributed by atoms with Gasteiger partial charge >= 0.3 is 6.18 Å². The Bertz CT molecular complexity index is 537. The lowest BCUT2D eigenvalue weighted by Gasteiger charge is -2.12. The van der Waals surface area contributed by atoms with Crippen LogP contribution >= 0.6 is 22.9 Å². The summed E-state index contributed by atoms with van der Waals surface area (Å²) in [6.07, 6.45) is -3.65. The maximum atomic E-state index is 12.7. The number of halogens is 4. The van der Waals surface area contributed by atoms with Gasteiger partial charge in [-0.05, 0) is 36.1 Å². The molecule has 0 radical (unpaired) electrons. The van der Waals surface area contributed by atoms with Crippen molar-refractivity contribution in [1.29, 1.82) is 0 Å². The first-order valence-corrected chi connectivity index (χ1v) is 6.85. The van der Waals surface area contributed by atoms with Gasteiger partial charge in [-0.15, -0.1) is 11.3 Å². The van der Waals surface area contributed by atoms with Crippen LogP contribution in [0.15, 0.2) is 35.7 Å². The second-order valence-electron chi connectivity index (χ2n) is 3.95. The van der Waals surface area contributed by atoms with E-state index in [2.05, 4.69) is 5.32 Å². The molecule has 6 heteroatoms. The largest absolute Gasteiger partial charge is 0.417 e. The normalized spacial score (nSPS) is 11.6. The van der Waals surface area contributed by atoms with Gasteiger partial charge in [0.15, 0.2) is 0 Å². The fourth-order valence-electron chi connectivity index (χ4n) is 1.64.